The van der Waals surface area contributed by atoms with Gasteiger partial charge in [-0.25, -0.2) is 9.18 Å². The first-order chi connectivity index (χ1) is 14.6. The summed E-state index contributed by atoms with van der Waals surface area (Å²) < 4.78 is 24.8. The molecule has 2 heterocycles. The van der Waals surface area contributed by atoms with E-state index in [4.69, 9.17) is 9.15 Å². The van der Waals surface area contributed by atoms with Crippen molar-refractivity contribution in [2.24, 2.45) is 0 Å². The Hall–Kier alpha value is -4.06. The molecule has 0 saturated heterocycles. The Balaban J connectivity index is 1.67. The molecule has 0 spiro atoms. The van der Waals surface area contributed by atoms with E-state index in [1.807, 2.05) is 43.3 Å². The second-order valence-electron chi connectivity index (χ2n) is 6.89. The van der Waals surface area contributed by atoms with Gasteiger partial charge in [0.25, 0.3) is 0 Å². The third-order valence-corrected chi connectivity index (χ3v) is 4.92. The van der Waals surface area contributed by atoms with Crippen molar-refractivity contribution >= 4 is 21.7 Å². The van der Waals surface area contributed by atoms with Crippen molar-refractivity contribution in [3.05, 3.63) is 94.6 Å². The molecule has 0 radical (unpaired) electrons. The highest BCUT2D eigenvalue weighted by molar-refractivity contribution is 5.97. The van der Waals surface area contributed by atoms with Gasteiger partial charge in [-0.05, 0) is 48.9 Å². The van der Waals surface area contributed by atoms with Crippen molar-refractivity contribution in [2.75, 3.05) is 0 Å². The van der Waals surface area contributed by atoms with E-state index in [9.17, 15) is 9.18 Å². The number of benzene rings is 3. The molecule has 5 nitrogen and oxygen atoms in total. The Morgan fingerprint density at radius 2 is 1.60 bits per heavy atom. The number of rotatable bonds is 3. The minimum Gasteiger partial charge on any atom is -0.433 e. The molecule has 0 unspecified atom stereocenters. The second-order valence-corrected chi connectivity index (χ2v) is 6.89. The lowest BCUT2D eigenvalue weighted by atomic mass is 10.0. The minimum absolute atomic E-state index is 0.285. The fourth-order valence-corrected chi connectivity index (χ4v) is 3.48. The smallest absolute Gasteiger partial charge is 0.336 e. The number of halogens is 1. The molecule has 5 rings (SSSR count). The van der Waals surface area contributed by atoms with Crippen LogP contribution in [-0.2, 0) is 0 Å². The maximum atomic E-state index is 13.3. The van der Waals surface area contributed by atoms with Gasteiger partial charge in [0, 0.05) is 27.8 Å². The molecule has 5 aromatic rings. The summed E-state index contributed by atoms with van der Waals surface area (Å²) >= 11 is 0. The molecule has 3 aromatic carbocycles. The Morgan fingerprint density at radius 3 is 2.40 bits per heavy atom. The fourth-order valence-electron chi connectivity index (χ4n) is 3.48. The van der Waals surface area contributed by atoms with Crippen LogP contribution in [0.4, 0.5) is 4.39 Å². The van der Waals surface area contributed by atoms with Gasteiger partial charge in [-0.15, -0.1) is 10.2 Å². The van der Waals surface area contributed by atoms with E-state index in [-0.39, 0.29) is 11.7 Å². The zero-order chi connectivity index (χ0) is 20.7. The second kappa shape index (κ2) is 7.08. The van der Waals surface area contributed by atoms with Crippen LogP contribution in [0.25, 0.3) is 33.0 Å². The van der Waals surface area contributed by atoms with Gasteiger partial charge in [-0.2, -0.15) is 0 Å². The van der Waals surface area contributed by atoms with Crippen LogP contribution in [0.2, 0.25) is 0 Å². The highest BCUT2D eigenvalue weighted by Gasteiger charge is 2.15. The predicted octanol–water partition coefficient (Wildman–Crippen LogP) is 5.64. The summed E-state index contributed by atoms with van der Waals surface area (Å²) in [6, 6.07) is 20.5. The van der Waals surface area contributed by atoms with Crippen molar-refractivity contribution in [1.82, 2.24) is 10.2 Å². The third-order valence-electron chi connectivity index (χ3n) is 4.92. The highest BCUT2D eigenvalue weighted by Crippen LogP contribution is 2.35. The first kappa shape index (κ1) is 18.0. The summed E-state index contributed by atoms with van der Waals surface area (Å²) in [6.07, 6.45) is 0. The monoisotopic (exact) mass is 398 g/mol. The average molecular weight is 398 g/mol. The first-order valence-electron chi connectivity index (χ1n) is 9.33. The van der Waals surface area contributed by atoms with E-state index in [2.05, 4.69) is 10.2 Å². The van der Waals surface area contributed by atoms with Gasteiger partial charge in [0.2, 0.25) is 5.88 Å². The van der Waals surface area contributed by atoms with Crippen molar-refractivity contribution in [1.29, 1.82) is 0 Å². The van der Waals surface area contributed by atoms with Crippen LogP contribution in [0.1, 0.15) is 5.56 Å². The summed E-state index contributed by atoms with van der Waals surface area (Å²) in [4.78, 5) is 11.9. The molecule has 0 bridgehead atoms. The van der Waals surface area contributed by atoms with Crippen LogP contribution in [0.15, 0.2) is 82.0 Å². The molecule has 0 aliphatic carbocycles. The molecule has 0 saturated carbocycles. The number of hydrogen-bond acceptors (Lipinski definition) is 5. The molecule has 30 heavy (non-hydrogen) atoms. The molecule has 0 fully saturated rings. The summed E-state index contributed by atoms with van der Waals surface area (Å²) in [5.41, 5.74) is 2.08. The van der Waals surface area contributed by atoms with Gasteiger partial charge < -0.3 is 9.15 Å². The fraction of sp³-hybridized carbons (Fsp3) is 0.0417. The number of nitrogens with zero attached hydrogens (tertiary/aromatic N) is 2. The van der Waals surface area contributed by atoms with E-state index in [1.165, 1.54) is 18.2 Å². The van der Waals surface area contributed by atoms with E-state index < -0.39 is 5.63 Å². The molecule has 2 aromatic heterocycles. The number of aryl methyl sites for hydroxylation is 1. The Bertz CT molecular complexity index is 1460. The maximum absolute atomic E-state index is 13.3. The number of para-hydroxylation sites is 1. The Kier molecular flexibility index (Phi) is 4.25. The van der Waals surface area contributed by atoms with Crippen molar-refractivity contribution < 1.29 is 13.5 Å². The van der Waals surface area contributed by atoms with Crippen molar-refractivity contribution in [3.8, 4) is 22.9 Å². The van der Waals surface area contributed by atoms with Crippen LogP contribution in [-0.4, -0.2) is 10.2 Å². The molecule has 0 aliphatic rings. The molecular weight excluding hydrogens is 383 g/mol. The largest absolute Gasteiger partial charge is 0.433 e. The standard InChI is InChI=1S/C24H15FN2O3/c1-14-13-21(28)30-23-17(14)7-4-8-20(23)29-24-19-6-3-2-5-18(19)22(26-27-24)15-9-11-16(25)12-10-15/h2-13H,1H3. The topological polar surface area (TPSA) is 65.2 Å². The van der Waals surface area contributed by atoms with Crippen LogP contribution in [0.3, 0.4) is 0 Å². The number of ether oxygens (including phenoxy) is 1. The Morgan fingerprint density at radius 1 is 0.867 bits per heavy atom. The lowest BCUT2D eigenvalue weighted by molar-refractivity contribution is 0.448. The summed E-state index contributed by atoms with van der Waals surface area (Å²) in [6.45, 7) is 1.84. The van der Waals surface area contributed by atoms with Crippen LogP contribution in [0.5, 0.6) is 11.6 Å². The number of hydrogen-bond donors (Lipinski definition) is 0. The van der Waals surface area contributed by atoms with E-state index >= 15 is 0 Å². The van der Waals surface area contributed by atoms with Gasteiger partial charge in [0.05, 0.1) is 0 Å². The summed E-state index contributed by atoms with van der Waals surface area (Å²) in [7, 11) is 0. The number of aromatic nitrogens is 2. The first-order valence-corrected chi connectivity index (χ1v) is 9.33. The molecule has 0 atom stereocenters. The normalized spacial score (nSPS) is 11.1. The zero-order valence-electron chi connectivity index (χ0n) is 15.9. The summed E-state index contributed by atoms with van der Waals surface area (Å²) in [5.74, 6) is 0.346. The van der Waals surface area contributed by atoms with Crippen LogP contribution in [0, 0.1) is 12.7 Å². The van der Waals surface area contributed by atoms with Gasteiger partial charge >= 0.3 is 5.63 Å². The van der Waals surface area contributed by atoms with Gasteiger partial charge in [-0.1, -0.05) is 30.3 Å². The maximum Gasteiger partial charge on any atom is 0.336 e. The van der Waals surface area contributed by atoms with Crippen molar-refractivity contribution in [3.63, 3.8) is 0 Å². The van der Waals surface area contributed by atoms with Gasteiger partial charge in [0.15, 0.2) is 11.3 Å². The van der Waals surface area contributed by atoms with Gasteiger partial charge in [-0.3, -0.25) is 0 Å². The van der Waals surface area contributed by atoms with Crippen molar-refractivity contribution in [2.45, 2.75) is 6.92 Å². The van der Waals surface area contributed by atoms with Gasteiger partial charge in [0.1, 0.15) is 11.5 Å². The molecule has 6 heteroatoms. The van der Waals surface area contributed by atoms with Crippen LogP contribution >= 0.6 is 0 Å². The highest BCUT2D eigenvalue weighted by atomic mass is 19.1. The van der Waals surface area contributed by atoms with E-state index in [0.29, 0.717) is 17.0 Å². The third kappa shape index (κ3) is 3.08. The Labute approximate surface area is 170 Å². The number of fused-ring (bicyclic) bond motifs is 2. The van der Waals surface area contributed by atoms with E-state index in [0.717, 1.165) is 27.3 Å². The molecule has 0 aliphatic heterocycles. The predicted molar refractivity (Wildman–Crippen MR) is 112 cm³/mol. The molecule has 146 valence electrons. The summed E-state index contributed by atoms with van der Waals surface area (Å²) in [5, 5.41) is 10.9. The lowest BCUT2D eigenvalue weighted by Gasteiger charge is -2.11. The average Bonchev–Trinajstić information content (AvgIpc) is 2.75. The van der Waals surface area contributed by atoms with Crippen LogP contribution < -0.4 is 10.4 Å². The molecule has 0 amide bonds. The SMILES string of the molecule is Cc1cc(=O)oc2c(Oc3nnc(-c4ccc(F)cc4)c4ccccc34)cccc12. The van der Waals surface area contributed by atoms with E-state index in [1.54, 1.807) is 18.2 Å². The minimum atomic E-state index is -0.446. The quantitative estimate of drug-likeness (QED) is 0.368. The lowest BCUT2D eigenvalue weighted by Crippen LogP contribution is -2.00. The molecule has 0 N–H and O–H groups in total. The zero-order valence-corrected chi connectivity index (χ0v) is 15.9. The molecular formula is C24H15FN2O3.